The number of carboxylic acids is 1. The van der Waals surface area contributed by atoms with E-state index in [1.165, 1.54) is 13.8 Å². The molecule has 1 saturated heterocycles. The van der Waals surface area contributed by atoms with Crippen molar-refractivity contribution in [3.63, 3.8) is 0 Å². The third-order valence-electron chi connectivity index (χ3n) is 7.74. The fourth-order valence-corrected chi connectivity index (χ4v) is 6.30. The maximum Gasteiger partial charge on any atom is 0.378 e. The van der Waals surface area contributed by atoms with Crippen LogP contribution in [0.4, 0.5) is 26.3 Å². The molecule has 3 unspecified atom stereocenters. The molecule has 0 aromatic heterocycles. The molecule has 3 atom stereocenters. The lowest BCUT2D eigenvalue weighted by Crippen LogP contribution is -2.65. The van der Waals surface area contributed by atoms with E-state index in [1.54, 1.807) is 0 Å². The van der Waals surface area contributed by atoms with Crippen LogP contribution in [0, 0.1) is 29.1 Å². The Morgan fingerprint density at radius 1 is 0.970 bits per heavy atom. The van der Waals surface area contributed by atoms with Crippen molar-refractivity contribution < 1.29 is 55.2 Å². The van der Waals surface area contributed by atoms with Crippen LogP contribution in [0.3, 0.4) is 0 Å². The number of carbonyl (C=O) groups excluding carboxylic acids is 1. The summed E-state index contributed by atoms with van der Waals surface area (Å²) in [6.07, 6.45) is -1.18. The van der Waals surface area contributed by atoms with E-state index in [0.29, 0.717) is 19.3 Å². The van der Waals surface area contributed by atoms with E-state index in [1.807, 2.05) is 0 Å². The summed E-state index contributed by atoms with van der Waals surface area (Å²) in [7, 11) is 0. The molecule has 0 aromatic rings. The van der Waals surface area contributed by atoms with Gasteiger partial charge in [-0.25, -0.2) is 4.79 Å². The fourth-order valence-electron chi connectivity index (χ4n) is 6.30. The zero-order valence-corrected chi connectivity index (χ0v) is 18.1. The molecule has 1 aliphatic heterocycles. The molecule has 0 aromatic carbocycles. The summed E-state index contributed by atoms with van der Waals surface area (Å²) >= 11 is 0. The highest BCUT2D eigenvalue weighted by atomic mass is 19.3. The van der Waals surface area contributed by atoms with Crippen LogP contribution in [-0.4, -0.2) is 59.9 Å². The smallest absolute Gasteiger partial charge is 0.378 e. The summed E-state index contributed by atoms with van der Waals surface area (Å²) in [6.45, 7) is -0.460. The van der Waals surface area contributed by atoms with Crippen molar-refractivity contribution in [3.8, 4) is 0 Å². The minimum Gasteiger partial charge on any atom is -0.477 e. The van der Waals surface area contributed by atoms with E-state index in [2.05, 4.69) is 0 Å². The van der Waals surface area contributed by atoms with E-state index in [9.17, 15) is 35.9 Å². The number of hydrogen-bond acceptors (Lipinski definition) is 5. The first kappa shape index (κ1) is 24.6. The van der Waals surface area contributed by atoms with Crippen molar-refractivity contribution >= 4 is 11.9 Å². The number of halogens is 6. The average molecular weight is 488 g/mol. The number of rotatable bonds is 5. The minimum atomic E-state index is -4.42. The van der Waals surface area contributed by atoms with Gasteiger partial charge in [-0.2, -0.15) is 26.3 Å². The monoisotopic (exact) mass is 488 g/mol. The summed E-state index contributed by atoms with van der Waals surface area (Å²) in [5.74, 6) is -20.7. The number of aliphatic carboxylic acids is 1. The van der Waals surface area contributed by atoms with Gasteiger partial charge in [-0.15, -0.1) is 0 Å². The standard InChI is InChI=1S/C21H26F6O6/c1-10(2)14(20(26,27)15(28)29)33-16(30)17-5-11-3-12(6-17)21(13(4-11)7-17)31-8-18(22,23)19(24,25)9-32-21/h10-14H,3-9H2,1-2H3,(H,28,29). The molecule has 33 heavy (non-hydrogen) atoms. The first-order valence-corrected chi connectivity index (χ1v) is 10.9. The molecule has 5 fully saturated rings. The maximum atomic E-state index is 14.2. The Balaban J connectivity index is 1.58. The van der Waals surface area contributed by atoms with Crippen molar-refractivity contribution in [2.24, 2.45) is 29.1 Å². The highest BCUT2D eigenvalue weighted by Gasteiger charge is 2.70. The van der Waals surface area contributed by atoms with Gasteiger partial charge in [0.05, 0.1) is 5.41 Å². The van der Waals surface area contributed by atoms with Gasteiger partial charge >= 0.3 is 29.7 Å². The Morgan fingerprint density at radius 2 is 1.45 bits per heavy atom. The molecule has 5 aliphatic rings. The second kappa shape index (κ2) is 7.47. The summed E-state index contributed by atoms with van der Waals surface area (Å²) < 4.78 is 99.8. The quantitative estimate of drug-likeness (QED) is 0.463. The zero-order valence-electron chi connectivity index (χ0n) is 18.1. The van der Waals surface area contributed by atoms with Crippen molar-refractivity contribution in [1.29, 1.82) is 0 Å². The van der Waals surface area contributed by atoms with Gasteiger partial charge in [-0.3, -0.25) is 4.79 Å². The van der Waals surface area contributed by atoms with Crippen LogP contribution in [-0.2, 0) is 23.8 Å². The third kappa shape index (κ3) is 3.62. The topological polar surface area (TPSA) is 82.1 Å². The molecular formula is C21H26F6O6. The highest BCUT2D eigenvalue weighted by molar-refractivity contribution is 5.80. The lowest BCUT2D eigenvalue weighted by Gasteiger charge is -2.62. The van der Waals surface area contributed by atoms with Crippen LogP contribution in [0.25, 0.3) is 0 Å². The molecule has 1 N–H and O–H groups in total. The van der Waals surface area contributed by atoms with E-state index in [4.69, 9.17) is 19.3 Å². The van der Waals surface area contributed by atoms with Gasteiger partial charge in [0.2, 0.25) is 0 Å². The van der Waals surface area contributed by atoms with E-state index < -0.39 is 78.0 Å². The molecule has 4 saturated carbocycles. The molecule has 5 rings (SSSR count). The summed E-state index contributed by atoms with van der Waals surface area (Å²) in [4.78, 5) is 24.2. The molecule has 0 amide bonds. The molecule has 1 heterocycles. The van der Waals surface area contributed by atoms with E-state index >= 15 is 0 Å². The number of alkyl halides is 6. The second-order valence-electron chi connectivity index (χ2n) is 10.3. The molecule has 12 heteroatoms. The molecular weight excluding hydrogens is 462 g/mol. The number of esters is 1. The van der Waals surface area contributed by atoms with Crippen molar-refractivity contribution in [3.05, 3.63) is 0 Å². The number of carbonyl (C=O) groups is 2. The Hall–Kier alpha value is -1.56. The Kier molecular flexibility index (Phi) is 5.56. The Morgan fingerprint density at radius 3 is 1.88 bits per heavy atom. The van der Waals surface area contributed by atoms with Crippen molar-refractivity contribution in [1.82, 2.24) is 0 Å². The largest absolute Gasteiger partial charge is 0.477 e. The fraction of sp³-hybridized carbons (Fsp3) is 0.905. The minimum absolute atomic E-state index is 0.0283. The van der Waals surface area contributed by atoms with Crippen LogP contribution in [0.15, 0.2) is 0 Å². The Labute approximate surface area is 185 Å². The molecule has 188 valence electrons. The SMILES string of the molecule is CC(C)C(OC(=O)C12CC3CC(C1)C1(OCC(F)(F)C(F)(F)CO1)C(C3)C2)C(F)(F)C(=O)O. The summed E-state index contributed by atoms with van der Waals surface area (Å²) in [6, 6.07) is 0. The number of ether oxygens (including phenoxy) is 3. The van der Waals surface area contributed by atoms with Gasteiger partial charge in [0.1, 0.15) is 13.2 Å². The van der Waals surface area contributed by atoms with Gasteiger partial charge in [-0.05, 0) is 43.9 Å². The lowest BCUT2D eigenvalue weighted by molar-refractivity contribution is -0.346. The van der Waals surface area contributed by atoms with Crippen LogP contribution >= 0.6 is 0 Å². The lowest BCUT2D eigenvalue weighted by atomic mass is 9.47. The molecule has 4 aliphatic carbocycles. The van der Waals surface area contributed by atoms with Crippen LogP contribution in [0.5, 0.6) is 0 Å². The van der Waals surface area contributed by atoms with Crippen molar-refractivity contribution in [2.75, 3.05) is 13.2 Å². The molecule has 1 spiro atoms. The van der Waals surface area contributed by atoms with Crippen LogP contribution in [0.1, 0.15) is 46.0 Å². The first-order chi connectivity index (χ1) is 15.1. The number of carboxylic acid groups (broad SMARTS) is 1. The van der Waals surface area contributed by atoms with Gasteiger partial charge in [0.15, 0.2) is 11.9 Å². The van der Waals surface area contributed by atoms with Gasteiger partial charge in [-0.1, -0.05) is 13.8 Å². The Bertz CT molecular complexity index is 794. The molecule has 6 nitrogen and oxygen atoms in total. The molecule has 4 bridgehead atoms. The van der Waals surface area contributed by atoms with E-state index in [0.717, 1.165) is 0 Å². The van der Waals surface area contributed by atoms with Crippen LogP contribution in [0.2, 0.25) is 0 Å². The van der Waals surface area contributed by atoms with E-state index in [-0.39, 0.29) is 18.8 Å². The maximum absolute atomic E-state index is 14.2. The predicted molar refractivity (Wildman–Crippen MR) is 97.8 cm³/mol. The summed E-state index contributed by atoms with van der Waals surface area (Å²) in [5.41, 5.74) is -1.26. The summed E-state index contributed by atoms with van der Waals surface area (Å²) in [5, 5.41) is 8.89. The van der Waals surface area contributed by atoms with Gasteiger partial charge < -0.3 is 19.3 Å². The van der Waals surface area contributed by atoms with Gasteiger partial charge in [0, 0.05) is 11.8 Å². The second-order valence-corrected chi connectivity index (χ2v) is 10.3. The van der Waals surface area contributed by atoms with Crippen LogP contribution < -0.4 is 0 Å². The molecule has 0 radical (unpaired) electrons. The average Bonchev–Trinajstić information content (AvgIpc) is 2.78. The zero-order chi connectivity index (χ0) is 24.6. The normalized spacial score (nSPS) is 37.1. The third-order valence-corrected chi connectivity index (χ3v) is 7.74. The van der Waals surface area contributed by atoms with Gasteiger partial charge in [0.25, 0.3) is 0 Å². The first-order valence-electron chi connectivity index (χ1n) is 10.9. The van der Waals surface area contributed by atoms with Crippen molar-refractivity contribution in [2.45, 2.75) is 75.6 Å². The highest BCUT2D eigenvalue weighted by Crippen LogP contribution is 2.66. The predicted octanol–water partition coefficient (Wildman–Crippen LogP) is 4.11. The number of hydrogen-bond donors (Lipinski definition) is 1.